The Labute approximate surface area is 101 Å². The average Bonchev–Trinajstić information content (AvgIpc) is 2.72. The summed E-state index contributed by atoms with van der Waals surface area (Å²) in [6.07, 6.45) is 0.0856. The number of halogens is 2. The van der Waals surface area contributed by atoms with Crippen molar-refractivity contribution in [1.29, 1.82) is 0 Å². The summed E-state index contributed by atoms with van der Waals surface area (Å²) >= 11 is 5.86. The number of benzene rings is 1. The van der Waals surface area contributed by atoms with Crippen molar-refractivity contribution in [2.45, 2.75) is 13.3 Å². The molecule has 0 radical (unpaired) electrons. The summed E-state index contributed by atoms with van der Waals surface area (Å²) < 4.78 is 18.2. The van der Waals surface area contributed by atoms with Gasteiger partial charge in [-0.2, -0.15) is 4.98 Å². The minimum absolute atomic E-state index is 0.0856. The molecule has 6 heteroatoms. The minimum atomic E-state index is -0.438. The van der Waals surface area contributed by atoms with E-state index in [1.165, 1.54) is 19.1 Å². The highest BCUT2D eigenvalue weighted by Crippen LogP contribution is 2.21. The minimum Gasteiger partial charge on any atom is -0.331 e. The maximum atomic E-state index is 13.5. The molecule has 4 nitrogen and oxygen atoms in total. The van der Waals surface area contributed by atoms with E-state index in [2.05, 4.69) is 10.1 Å². The number of Topliss-reactive ketones (excluding diaryl/α,β-unsaturated/α-hetero) is 1. The predicted octanol–water partition coefficient (Wildman–Crippen LogP) is 2.66. The van der Waals surface area contributed by atoms with Gasteiger partial charge in [0.25, 0.3) is 5.89 Å². The Hall–Kier alpha value is -1.75. The van der Waals surface area contributed by atoms with E-state index in [9.17, 15) is 9.18 Å². The first kappa shape index (κ1) is 11.7. The van der Waals surface area contributed by atoms with Crippen LogP contribution in [0.15, 0.2) is 22.7 Å². The Balaban J connectivity index is 2.28. The molecule has 0 aliphatic carbocycles. The van der Waals surface area contributed by atoms with Gasteiger partial charge in [0.1, 0.15) is 5.82 Å². The second-order valence-electron chi connectivity index (χ2n) is 3.45. The molecule has 0 saturated heterocycles. The molecule has 88 valence electrons. The van der Waals surface area contributed by atoms with Crippen LogP contribution in [0.2, 0.25) is 5.02 Å². The first-order chi connectivity index (χ1) is 8.08. The average molecular weight is 255 g/mol. The fourth-order valence-electron chi connectivity index (χ4n) is 1.33. The quantitative estimate of drug-likeness (QED) is 0.790. The number of nitrogens with zero attached hydrogens (tertiary/aromatic N) is 2. The van der Waals surface area contributed by atoms with Gasteiger partial charge in [-0.05, 0) is 12.1 Å². The molecule has 17 heavy (non-hydrogen) atoms. The molecule has 0 unspecified atom stereocenters. The van der Waals surface area contributed by atoms with Gasteiger partial charge in [-0.15, -0.1) is 0 Å². The zero-order chi connectivity index (χ0) is 12.4. The molecule has 0 bridgehead atoms. The summed E-state index contributed by atoms with van der Waals surface area (Å²) in [7, 11) is 0. The number of hydrogen-bond acceptors (Lipinski definition) is 4. The lowest BCUT2D eigenvalue weighted by Gasteiger charge is -2.01. The van der Waals surface area contributed by atoms with Crippen molar-refractivity contribution in [1.82, 2.24) is 10.1 Å². The molecule has 0 aliphatic rings. The molecule has 0 spiro atoms. The van der Waals surface area contributed by atoms with Crippen molar-refractivity contribution in [2.75, 3.05) is 0 Å². The normalized spacial score (nSPS) is 10.5. The van der Waals surface area contributed by atoms with Crippen molar-refractivity contribution >= 4 is 17.4 Å². The summed E-state index contributed by atoms with van der Waals surface area (Å²) in [6.45, 7) is 1.31. The zero-order valence-corrected chi connectivity index (χ0v) is 9.66. The van der Waals surface area contributed by atoms with Crippen molar-refractivity contribution < 1.29 is 13.7 Å². The van der Waals surface area contributed by atoms with E-state index in [-0.39, 0.29) is 29.5 Å². The number of aromatic nitrogens is 2. The molecular weight excluding hydrogens is 247 g/mol. The summed E-state index contributed by atoms with van der Waals surface area (Å²) in [6, 6.07) is 4.39. The van der Waals surface area contributed by atoms with Gasteiger partial charge < -0.3 is 4.52 Å². The van der Waals surface area contributed by atoms with Gasteiger partial charge >= 0.3 is 0 Å². The van der Waals surface area contributed by atoms with Crippen LogP contribution < -0.4 is 0 Å². The molecule has 2 rings (SSSR count). The van der Waals surface area contributed by atoms with Gasteiger partial charge in [-0.25, -0.2) is 4.39 Å². The van der Waals surface area contributed by atoms with E-state index in [4.69, 9.17) is 16.1 Å². The van der Waals surface area contributed by atoms with E-state index >= 15 is 0 Å². The molecule has 1 heterocycles. The summed E-state index contributed by atoms with van der Waals surface area (Å²) in [5.41, 5.74) is 0.282. The number of carbonyl (C=O) groups is 1. The first-order valence-electron chi connectivity index (χ1n) is 4.84. The van der Waals surface area contributed by atoms with Crippen molar-refractivity contribution in [2.24, 2.45) is 0 Å². The molecule has 0 saturated carbocycles. The standard InChI is InChI=1S/C11H8ClFN2O2/c1-6(16)11-14-10(15-17-11)5-7-8(12)3-2-4-9(7)13/h2-4H,5H2,1H3. The van der Waals surface area contributed by atoms with Crippen LogP contribution in [0, 0.1) is 5.82 Å². The Morgan fingerprint density at radius 3 is 2.88 bits per heavy atom. The molecular formula is C11H8ClFN2O2. The second kappa shape index (κ2) is 4.63. The van der Waals surface area contributed by atoms with E-state index in [1.54, 1.807) is 6.07 Å². The molecule has 0 atom stereocenters. The lowest BCUT2D eigenvalue weighted by Crippen LogP contribution is -1.97. The van der Waals surface area contributed by atoms with Crippen LogP contribution >= 0.6 is 11.6 Å². The van der Waals surface area contributed by atoms with E-state index < -0.39 is 5.82 Å². The van der Waals surface area contributed by atoms with Gasteiger partial charge in [0, 0.05) is 23.9 Å². The topological polar surface area (TPSA) is 56.0 Å². The summed E-state index contributed by atoms with van der Waals surface area (Å²) in [4.78, 5) is 14.8. The number of rotatable bonds is 3. The van der Waals surface area contributed by atoms with Gasteiger partial charge in [-0.3, -0.25) is 4.79 Å². The van der Waals surface area contributed by atoms with E-state index in [1.807, 2.05) is 0 Å². The van der Waals surface area contributed by atoms with Crippen molar-refractivity contribution in [3.63, 3.8) is 0 Å². The van der Waals surface area contributed by atoms with Crippen LogP contribution in [0.3, 0.4) is 0 Å². The Kier molecular flexibility index (Phi) is 3.19. The lowest BCUT2D eigenvalue weighted by molar-refractivity contribution is 0.0972. The van der Waals surface area contributed by atoms with E-state index in [0.717, 1.165) is 0 Å². The Bertz CT molecular complexity index is 548. The van der Waals surface area contributed by atoms with Gasteiger partial charge in [-0.1, -0.05) is 22.8 Å². The second-order valence-corrected chi connectivity index (χ2v) is 3.86. The van der Waals surface area contributed by atoms with Crippen LogP contribution in [-0.2, 0) is 6.42 Å². The lowest BCUT2D eigenvalue weighted by atomic mass is 10.1. The Morgan fingerprint density at radius 2 is 2.29 bits per heavy atom. The summed E-state index contributed by atoms with van der Waals surface area (Å²) in [5.74, 6) is -0.635. The van der Waals surface area contributed by atoms with Crippen LogP contribution in [0.4, 0.5) is 4.39 Å². The highest BCUT2D eigenvalue weighted by molar-refractivity contribution is 6.31. The SMILES string of the molecule is CC(=O)c1nc(Cc2c(F)cccc2Cl)no1. The number of carbonyl (C=O) groups excluding carboxylic acids is 1. The van der Waals surface area contributed by atoms with Crippen molar-refractivity contribution in [3.8, 4) is 0 Å². The van der Waals surface area contributed by atoms with Crippen LogP contribution in [0.5, 0.6) is 0 Å². The third kappa shape index (κ3) is 2.50. The molecule has 1 aromatic heterocycles. The molecule has 0 amide bonds. The molecule has 0 N–H and O–H groups in total. The van der Waals surface area contributed by atoms with Crippen LogP contribution in [0.1, 0.15) is 29.0 Å². The van der Waals surface area contributed by atoms with Gasteiger partial charge in [0.05, 0.1) is 0 Å². The van der Waals surface area contributed by atoms with Crippen LogP contribution in [0.25, 0.3) is 0 Å². The Morgan fingerprint density at radius 1 is 1.53 bits per heavy atom. The zero-order valence-electron chi connectivity index (χ0n) is 8.91. The first-order valence-corrected chi connectivity index (χ1v) is 5.22. The smallest absolute Gasteiger partial charge is 0.293 e. The molecule has 0 fully saturated rings. The van der Waals surface area contributed by atoms with E-state index in [0.29, 0.717) is 5.02 Å². The predicted molar refractivity (Wildman–Crippen MR) is 58.5 cm³/mol. The fourth-order valence-corrected chi connectivity index (χ4v) is 1.56. The van der Waals surface area contributed by atoms with Crippen molar-refractivity contribution in [3.05, 3.63) is 46.3 Å². The monoisotopic (exact) mass is 254 g/mol. The van der Waals surface area contributed by atoms with Crippen LogP contribution in [-0.4, -0.2) is 15.9 Å². The maximum absolute atomic E-state index is 13.5. The summed E-state index contributed by atoms with van der Waals surface area (Å²) in [5, 5.41) is 3.87. The molecule has 0 aliphatic heterocycles. The van der Waals surface area contributed by atoms with Gasteiger partial charge in [0.2, 0.25) is 5.78 Å². The highest BCUT2D eigenvalue weighted by atomic mass is 35.5. The van der Waals surface area contributed by atoms with Gasteiger partial charge in [0.15, 0.2) is 5.82 Å². The largest absolute Gasteiger partial charge is 0.331 e. The third-order valence-electron chi connectivity index (χ3n) is 2.17. The number of hydrogen-bond donors (Lipinski definition) is 0. The number of ketones is 1. The highest BCUT2D eigenvalue weighted by Gasteiger charge is 2.14. The fraction of sp³-hybridized carbons (Fsp3) is 0.182. The molecule has 2 aromatic rings. The molecule has 1 aromatic carbocycles. The third-order valence-corrected chi connectivity index (χ3v) is 2.52. The maximum Gasteiger partial charge on any atom is 0.293 e.